The lowest BCUT2D eigenvalue weighted by atomic mass is 9.97. The van der Waals surface area contributed by atoms with E-state index in [-0.39, 0.29) is 17.7 Å². The summed E-state index contributed by atoms with van der Waals surface area (Å²) in [6.45, 7) is 4.23. The van der Waals surface area contributed by atoms with Gasteiger partial charge in [0.15, 0.2) is 0 Å². The summed E-state index contributed by atoms with van der Waals surface area (Å²) in [4.78, 5) is 29.8. The number of carbonyl (C=O) groups excluding carboxylic acids is 2. The van der Waals surface area contributed by atoms with E-state index in [2.05, 4.69) is 4.98 Å². The number of aromatic nitrogens is 1. The maximum absolute atomic E-state index is 12.5. The molecule has 0 aromatic carbocycles. The van der Waals surface area contributed by atoms with E-state index in [0.717, 1.165) is 31.5 Å². The molecule has 0 radical (unpaired) electrons. The molecule has 2 heterocycles. The number of rotatable bonds is 3. The third-order valence-corrected chi connectivity index (χ3v) is 3.57. The minimum absolute atomic E-state index is 0.00144. The lowest BCUT2D eigenvalue weighted by molar-refractivity contribution is -0.118. The fourth-order valence-corrected chi connectivity index (χ4v) is 2.57. The van der Waals surface area contributed by atoms with Crippen molar-refractivity contribution in [2.45, 2.75) is 45.6 Å². The molecule has 0 N–H and O–H groups in total. The van der Waals surface area contributed by atoms with E-state index in [1.807, 2.05) is 24.0 Å². The maximum Gasteiger partial charge on any atom is 0.255 e. The Morgan fingerprint density at radius 2 is 2.16 bits per heavy atom. The predicted molar refractivity (Wildman–Crippen MR) is 72.9 cm³/mol. The van der Waals surface area contributed by atoms with Crippen LogP contribution in [-0.2, 0) is 4.79 Å². The van der Waals surface area contributed by atoms with Crippen molar-refractivity contribution in [1.29, 1.82) is 0 Å². The Bertz CT molecular complexity index is 468. The summed E-state index contributed by atoms with van der Waals surface area (Å²) in [6, 6.07) is 3.71. The molecule has 0 bridgehead atoms. The van der Waals surface area contributed by atoms with E-state index in [0.29, 0.717) is 12.0 Å². The van der Waals surface area contributed by atoms with Crippen LogP contribution in [0.3, 0.4) is 0 Å². The molecule has 1 aromatic rings. The van der Waals surface area contributed by atoms with E-state index in [1.165, 1.54) is 0 Å². The van der Waals surface area contributed by atoms with Crippen LogP contribution in [0, 0.1) is 6.92 Å². The van der Waals surface area contributed by atoms with Crippen molar-refractivity contribution in [2.75, 3.05) is 6.54 Å². The van der Waals surface area contributed by atoms with Gasteiger partial charge in [-0.3, -0.25) is 14.6 Å². The highest BCUT2D eigenvalue weighted by molar-refractivity contribution is 5.94. The number of carbonyl (C=O) groups is 2. The molecule has 1 amide bonds. The summed E-state index contributed by atoms with van der Waals surface area (Å²) >= 11 is 0. The molecule has 19 heavy (non-hydrogen) atoms. The van der Waals surface area contributed by atoms with Crippen molar-refractivity contribution < 1.29 is 9.59 Å². The van der Waals surface area contributed by atoms with Crippen LogP contribution < -0.4 is 0 Å². The molecular formula is C15H20N2O2. The van der Waals surface area contributed by atoms with E-state index in [4.69, 9.17) is 0 Å². The minimum atomic E-state index is -0.00144. The third-order valence-electron chi connectivity index (χ3n) is 3.57. The third kappa shape index (κ3) is 3.40. The number of aryl methyl sites for hydroxylation is 1. The highest BCUT2D eigenvalue weighted by Gasteiger charge is 2.28. The van der Waals surface area contributed by atoms with E-state index in [1.54, 1.807) is 13.1 Å². The molecule has 1 unspecified atom stereocenters. The van der Waals surface area contributed by atoms with Gasteiger partial charge in [-0.2, -0.15) is 0 Å². The molecular weight excluding hydrogens is 240 g/mol. The van der Waals surface area contributed by atoms with Crippen LogP contribution in [0.1, 0.15) is 48.7 Å². The normalized spacial score (nSPS) is 19.3. The van der Waals surface area contributed by atoms with Crippen molar-refractivity contribution >= 4 is 11.7 Å². The van der Waals surface area contributed by atoms with Crippen molar-refractivity contribution in [3.05, 3.63) is 29.6 Å². The van der Waals surface area contributed by atoms with Gasteiger partial charge in [-0.1, -0.05) is 0 Å². The van der Waals surface area contributed by atoms with E-state index in [9.17, 15) is 9.59 Å². The number of likely N-dealkylation sites (tertiary alicyclic amines) is 1. The molecule has 1 aliphatic heterocycles. The Morgan fingerprint density at radius 1 is 1.37 bits per heavy atom. The number of hydrogen-bond donors (Lipinski definition) is 0. The van der Waals surface area contributed by atoms with Crippen LogP contribution in [-0.4, -0.2) is 34.2 Å². The SMILES string of the molecule is CC(=O)CC1CCCCN1C(=O)c1ccc(C)nc1. The molecule has 102 valence electrons. The van der Waals surface area contributed by atoms with Gasteiger partial charge in [0.05, 0.1) is 5.56 Å². The van der Waals surface area contributed by atoms with Gasteiger partial charge in [0, 0.05) is 30.9 Å². The first-order valence-corrected chi connectivity index (χ1v) is 6.81. The zero-order chi connectivity index (χ0) is 13.8. The highest BCUT2D eigenvalue weighted by atomic mass is 16.2. The number of pyridine rings is 1. The Hall–Kier alpha value is -1.71. The summed E-state index contributed by atoms with van der Waals surface area (Å²) in [6.07, 6.45) is 5.11. The molecule has 4 nitrogen and oxygen atoms in total. The van der Waals surface area contributed by atoms with Crippen LogP contribution in [0.25, 0.3) is 0 Å². The molecule has 0 spiro atoms. The zero-order valence-corrected chi connectivity index (χ0v) is 11.6. The second-order valence-corrected chi connectivity index (χ2v) is 5.24. The Balaban J connectivity index is 2.15. The first-order valence-electron chi connectivity index (χ1n) is 6.81. The van der Waals surface area contributed by atoms with Crippen molar-refractivity contribution in [3.8, 4) is 0 Å². The highest BCUT2D eigenvalue weighted by Crippen LogP contribution is 2.22. The van der Waals surface area contributed by atoms with Crippen LogP contribution in [0.4, 0.5) is 0 Å². The van der Waals surface area contributed by atoms with Crippen LogP contribution in [0.15, 0.2) is 18.3 Å². The fourth-order valence-electron chi connectivity index (χ4n) is 2.57. The van der Waals surface area contributed by atoms with Crippen molar-refractivity contribution in [3.63, 3.8) is 0 Å². The smallest absolute Gasteiger partial charge is 0.255 e. The van der Waals surface area contributed by atoms with Crippen LogP contribution in [0.2, 0.25) is 0 Å². The van der Waals surface area contributed by atoms with Crippen molar-refractivity contribution in [2.24, 2.45) is 0 Å². The number of ketones is 1. The van der Waals surface area contributed by atoms with Gasteiger partial charge in [-0.05, 0) is 45.2 Å². The molecule has 1 fully saturated rings. The largest absolute Gasteiger partial charge is 0.335 e. The van der Waals surface area contributed by atoms with Gasteiger partial charge in [0.2, 0.25) is 0 Å². The van der Waals surface area contributed by atoms with Gasteiger partial charge in [0.25, 0.3) is 5.91 Å². The number of hydrogen-bond acceptors (Lipinski definition) is 3. The number of amides is 1. The lowest BCUT2D eigenvalue weighted by Gasteiger charge is -2.35. The van der Waals surface area contributed by atoms with Gasteiger partial charge >= 0.3 is 0 Å². The Morgan fingerprint density at radius 3 is 2.79 bits per heavy atom. The lowest BCUT2D eigenvalue weighted by Crippen LogP contribution is -2.44. The van der Waals surface area contributed by atoms with Gasteiger partial charge in [0.1, 0.15) is 5.78 Å². The summed E-state index contributed by atoms with van der Waals surface area (Å²) < 4.78 is 0. The molecule has 1 atom stereocenters. The fraction of sp³-hybridized carbons (Fsp3) is 0.533. The van der Waals surface area contributed by atoms with Crippen LogP contribution >= 0.6 is 0 Å². The van der Waals surface area contributed by atoms with Crippen LogP contribution in [0.5, 0.6) is 0 Å². The van der Waals surface area contributed by atoms with Gasteiger partial charge in [-0.15, -0.1) is 0 Å². The van der Waals surface area contributed by atoms with E-state index < -0.39 is 0 Å². The molecule has 1 aromatic heterocycles. The quantitative estimate of drug-likeness (QED) is 0.838. The summed E-state index contributed by atoms with van der Waals surface area (Å²) in [7, 11) is 0. The zero-order valence-electron chi connectivity index (χ0n) is 11.6. The second kappa shape index (κ2) is 5.95. The van der Waals surface area contributed by atoms with Crippen molar-refractivity contribution in [1.82, 2.24) is 9.88 Å². The topological polar surface area (TPSA) is 50.3 Å². The Kier molecular flexibility index (Phi) is 4.30. The van der Waals surface area contributed by atoms with E-state index >= 15 is 0 Å². The predicted octanol–water partition coefficient (Wildman–Crippen LogP) is 2.36. The average Bonchev–Trinajstić information content (AvgIpc) is 2.39. The van der Waals surface area contributed by atoms with Gasteiger partial charge in [-0.25, -0.2) is 0 Å². The summed E-state index contributed by atoms with van der Waals surface area (Å²) in [5.74, 6) is 0.144. The number of Topliss-reactive ketones (excluding diaryl/α,β-unsaturated/α-hetero) is 1. The standard InChI is InChI=1S/C15H20N2O2/c1-11-6-7-13(10-16-11)15(19)17-8-4-3-5-14(17)9-12(2)18/h6-7,10,14H,3-5,8-9H2,1-2H3. The first-order chi connectivity index (χ1) is 9.08. The molecule has 0 aliphatic carbocycles. The number of piperidine rings is 1. The molecule has 2 rings (SSSR count). The molecule has 1 aliphatic rings. The average molecular weight is 260 g/mol. The summed E-state index contributed by atoms with van der Waals surface area (Å²) in [5.41, 5.74) is 1.51. The first kappa shape index (κ1) is 13.7. The number of nitrogens with zero attached hydrogens (tertiary/aromatic N) is 2. The van der Waals surface area contributed by atoms with Gasteiger partial charge < -0.3 is 4.90 Å². The molecule has 4 heteroatoms. The molecule has 0 saturated carbocycles. The maximum atomic E-state index is 12.5. The molecule has 1 saturated heterocycles. The summed E-state index contributed by atoms with van der Waals surface area (Å²) in [5, 5.41) is 0. The Labute approximate surface area is 113 Å². The monoisotopic (exact) mass is 260 g/mol. The second-order valence-electron chi connectivity index (χ2n) is 5.24. The minimum Gasteiger partial charge on any atom is -0.335 e.